The third-order valence-electron chi connectivity index (χ3n) is 4.29. The number of aliphatic hydroxyl groups is 1. The third kappa shape index (κ3) is 2.86. The Labute approximate surface area is 134 Å². The summed E-state index contributed by atoms with van der Waals surface area (Å²) in [6, 6.07) is -0.0894. The summed E-state index contributed by atoms with van der Waals surface area (Å²) in [6.07, 6.45) is 5.71. The van der Waals surface area contributed by atoms with E-state index in [4.69, 9.17) is 0 Å². The average molecular weight is 318 g/mol. The van der Waals surface area contributed by atoms with E-state index in [1.807, 2.05) is 31.5 Å². The van der Waals surface area contributed by atoms with Crippen molar-refractivity contribution in [2.45, 2.75) is 51.4 Å². The van der Waals surface area contributed by atoms with Crippen LogP contribution >= 0.6 is 0 Å². The number of hydrogen-bond acceptors (Lipinski definition) is 5. The van der Waals surface area contributed by atoms with Crippen molar-refractivity contribution in [1.82, 2.24) is 30.0 Å². The Morgan fingerprint density at radius 1 is 1.52 bits per heavy atom. The molecule has 0 aromatic rings. The molecule has 0 radical (unpaired) electrons. The number of aliphatic hydroxyl groups excluding tert-OH is 1. The third-order valence-corrected chi connectivity index (χ3v) is 4.29. The van der Waals surface area contributed by atoms with Crippen LogP contribution in [-0.4, -0.2) is 54.5 Å². The normalized spacial score (nSPS) is 25.1. The highest BCUT2D eigenvalue weighted by molar-refractivity contribution is 5.75. The fourth-order valence-corrected chi connectivity index (χ4v) is 3.08. The number of nitrogens with zero attached hydrogens (tertiary/aromatic N) is 5. The molecule has 0 bridgehead atoms. The van der Waals surface area contributed by atoms with E-state index >= 15 is 0 Å². The quantitative estimate of drug-likeness (QED) is 0.862. The minimum absolute atomic E-state index is 0.0488. The number of rotatable bonds is 2. The zero-order valence-electron chi connectivity index (χ0n) is 13.6. The summed E-state index contributed by atoms with van der Waals surface area (Å²) in [6.45, 7) is 6.28. The second-order valence-corrected chi connectivity index (χ2v) is 6.52. The van der Waals surface area contributed by atoms with E-state index < -0.39 is 11.8 Å². The molecular formula is C15H22N6O2. The van der Waals surface area contributed by atoms with Crippen LogP contribution in [0.15, 0.2) is 18.7 Å². The molecule has 0 aromatic carbocycles. The van der Waals surface area contributed by atoms with Gasteiger partial charge in [-0.3, -0.25) is 0 Å². The molecule has 8 nitrogen and oxygen atoms in total. The number of carbonyl (C=O) groups excluding carboxylic acids is 1. The Hall–Kier alpha value is -2.22. The van der Waals surface area contributed by atoms with E-state index in [9.17, 15) is 9.90 Å². The first kappa shape index (κ1) is 15.7. The molecule has 1 fully saturated rings. The van der Waals surface area contributed by atoms with Gasteiger partial charge in [-0.25, -0.2) is 9.78 Å². The predicted octanol–water partition coefficient (Wildman–Crippen LogP) is 1.03. The molecule has 0 aromatic heterocycles. The lowest BCUT2D eigenvalue weighted by Gasteiger charge is -2.47. The maximum absolute atomic E-state index is 12.6. The molecule has 2 atom stereocenters. The van der Waals surface area contributed by atoms with Gasteiger partial charge in [-0.15, -0.1) is 5.10 Å². The van der Waals surface area contributed by atoms with Crippen LogP contribution in [0.25, 0.3) is 11.4 Å². The average Bonchev–Trinajstić information content (AvgIpc) is 2.93. The van der Waals surface area contributed by atoms with Crippen LogP contribution in [0.3, 0.4) is 0 Å². The Morgan fingerprint density at radius 3 is 3.04 bits per heavy atom. The lowest BCUT2D eigenvalue weighted by atomic mass is 9.94. The molecule has 8 heteroatoms. The van der Waals surface area contributed by atoms with E-state index in [2.05, 4.69) is 20.5 Å². The van der Waals surface area contributed by atoms with Crippen LogP contribution in [0.2, 0.25) is 0 Å². The number of likely N-dealkylation sites (tertiary alicyclic amines) is 1. The van der Waals surface area contributed by atoms with Gasteiger partial charge in [0.05, 0.1) is 24.2 Å². The van der Waals surface area contributed by atoms with E-state index in [-0.39, 0.29) is 12.1 Å². The second-order valence-electron chi connectivity index (χ2n) is 6.52. The molecule has 3 aliphatic heterocycles. The van der Waals surface area contributed by atoms with Crippen molar-refractivity contribution in [2.24, 2.45) is 0 Å². The van der Waals surface area contributed by atoms with Crippen LogP contribution in [0, 0.1) is 0 Å². The van der Waals surface area contributed by atoms with Crippen molar-refractivity contribution in [3.05, 3.63) is 18.7 Å². The van der Waals surface area contributed by atoms with Gasteiger partial charge in [-0.2, -0.15) is 5.10 Å². The van der Waals surface area contributed by atoms with Crippen molar-refractivity contribution in [3.8, 4) is 11.4 Å². The zero-order chi connectivity index (χ0) is 16.6. The minimum atomic E-state index is -0.699. The largest absolute Gasteiger partial charge is 0.393 e. The Kier molecular flexibility index (Phi) is 3.93. The van der Waals surface area contributed by atoms with Crippen LogP contribution < -0.4 is 5.32 Å². The standard InChI is InChI=1S/C15H22N6O2/c1-10(2)18-14(23)21-5-4-12(22)6-15(21,3)20-8-11-7-17-19-13(11)16-9-20/h7-10,12,22H,4-6H2,1-3H3,(H,18,23). The number of carbonyl (C=O) groups is 1. The molecule has 0 spiro atoms. The van der Waals surface area contributed by atoms with Crippen molar-refractivity contribution in [2.75, 3.05) is 6.54 Å². The van der Waals surface area contributed by atoms with Gasteiger partial charge in [0.1, 0.15) is 5.66 Å². The number of hydrogen-bond donors (Lipinski definition) is 2. The monoisotopic (exact) mass is 318 g/mol. The number of fused-ring (bicyclic) bond motifs is 1. The molecule has 0 aliphatic carbocycles. The van der Waals surface area contributed by atoms with E-state index in [1.54, 1.807) is 17.4 Å². The summed E-state index contributed by atoms with van der Waals surface area (Å²) in [5.74, 6) is 0.569. The Balaban J connectivity index is 1.99. The van der Waals surface area contributed by atoms with Gasteiger partial charge < -0.3 is 19.9 Å². The number of nitrogens with one attached hydrogen (secondary N) is 1. The molecule has 124 valence electrons. The first-order valence-corrected chi connectivity index (χ1v) is 7.82. The fraction of sp³-hybridized carbons (Fsp3) is 0.600. The maximum Gasteiger partial charge on any atom is 0.319 e. The van der Waals surface area contributed by atoms with Crippen LogP contribution in [0.4, 0.5) is 4.79 Å². The highest BCUT2D eigenvalue weighted by Crippen LogP contribution is 2.33. The van der Waals surface area contributed by atoms with Gasteiger partial charge in [0.15, 0.2) is 5.82 Å². The van der Waals surface area contributed by atoms with Crippen molar-refractivity contribution in [3.63, 3.8) is 0 Å². The van der Waals surface area contributed by atoms with Gasteiger partial charge in [0, 0.05) is 25.2 Å². The van der Waals surface area contributed by atoms with Gasteiger partial charge in [-0.05, 0) is 27.2 Å². The molecule has 2 amide bonds. The Morgan fingerprint density at radius 2 is 2.30 bits per heavy atom. The Bertz CT molecular complexity index is 672. The molecule has 3 rings (SSSR count). The summed E-state index contributed by atoms with van der Waals surface area (Å²) in [5.41, 5.74) is 0.104. The smallest absolute Gasteiger partial charge is 0.319 e. The van der Waals surface area contributed by atoms with Crippen molar-refractivity contribution >= 4 is 6.03 Å². The molecular weight excluding hydrogens is 296 g/mol. The topological polar surface area (TPSA) is 96.2 Å². The second kappa shape index (κ2) is 5.77. The van der Waals surface area contributed by atoms with Gasteiger partial charge >= 0.3 is 6.03 Å². The van der Waals surface area contributed by atoms with E-state index in [0.717, 1.165) is 5.56 Å². The first-order valence-electron chi connectivity index (χ1n) is 7.82. The SMILES string of the molecule is CC(C)NC(=O)N1CCC(O)CC1(C)n1cnc2nncc-2c1. The molecule has 2 unspecified atom stereocenters. The summed E-state index contributed by atoms with van der Waals surface area (Å²) in [5, 5.41) is 20.8. The van der Waals surface area contributed by atoms with Gasteiger partial charge in [0.25, 0.3) is 0 Å². The highest BCUT2D eigenvalue weighted by atomic mass is 16.3. The summed E-state index contributed by atoms with van der Waals surface area (Å²) in [4.78, 5) is 18.6. The number of amides is 2. The fourth-order valence-electron chi connectivity index (χ4n) is 3.08. The van der Waals surface area contributed by atoms with Crippen molar-refractivity contribution < 1.29 is 9.90 Å². The number of aromatic nitrogens is 4. The lowest BCUT2D eigenvalue weighted by molar-refractivity contribution is -0.0325. The van der Waals surface area contributed by atoms with Crippen LogP contribution in [0.5, 0.6) is 0 Å². The molecule has 3 heterocycles. The number of urea groups is 1. The maximum atomic E-state index is 12.6. The summed E-state index contributed by atoms with van der Waals surface area (Å²) >= 11 is 0. The van der Waals surface area contributed by atoms with E-state index in [1.165, 1.54) is 0 Å². The molecule has 3 aliphatic rings. The number of piperidine rings is 1. The minimum Gasteiger partial charge on any atom is -0.393 e. The molecule has 0 saturated carbocycles. The highest BCUT2D eigenvalue weighted by Gasteiger charge is 2.42. The van der Waals surface area contributed by atoms with Crippen molar-refractivity contribution in [1.29, 1.82) is 0 Å². The summed E-state index contributed by atoms with van der Waals surface area (Å²) in [7, 11) is 0. The first-order chi connectivity index (χ1) is 10.9. The predicted molar refractivity (Wildman–Crippen MR) is 83.7 cm³/mol. The van der Waals surface area contributed by atoms with Crippen LogP contribution in [-0.2, 0) is 5.66 Å². The molecule has 2 N–H and O–H groups in total. The summed E-state index contributed by atoms with van der Waals surface area (Å²) < 4.78 is 1.86. The lowest BCUT2D eigenvalue weighted by Crippen LogP contribution is -2.60. The van der Waals surface area contributed by atoms with Gasteiger partial charge in [-0.1, -0.05) is 0 Å². The van der Waals surface area contributed by atoms with Crippen LogP contribution in [0.1, 0.15) is 33.6 Å². The molecule has 1 saturated heterocycles. The van der Waals surface area contributed by atoms with E-state index in [0.29, 0.717) is 25.2 Å². The van der Waals surface area contributed by atoms with Gasteiger partial charge in [0.2, 0.25) is 0 Å². The zero-order valence-corrected chi connectivity index (χ0v) is 13.6. The molecule has 23 heavy (non-hydrogen) atoms.